The number of alkyl halides is 2. The second-order valence-corrected chi connectivity index (χ2v) is 3.83. The van der Waals surface area contributed by atoms with E-state index in [4.69, 9.17) is 5.11 Å². The standard InChI is InChI=1S/C11H13F4NO/c1-16(2)10-7(11(14,15)5-6-17)3-4-8(12)9(10)13/h3-4,17H,5-6H2,1-2H3. The first-order valence-corrected chi connectivity index (χ1v) is 4.95. The summed E-state index contributed by atoms with van der Waals surface area (Å²) in [5.41, 5.74) is -1.13. The lowest BCUT2D eigenvalue weighted by Gasteiger charge is -2.24. The Labute approximate surface area is 96.5 Å². The highest BCUT2D eigenvalue weighted by molar-refractivity contribution is 5.56. The van der Waals surface area contributed by atoms with E-state index in [9.17, 15) is 17.6 Å². The van der Waals surface area contributed by atoms with E-state index in [-0.39, 0.29) is 0 Å². The minimum atomic E-state index is -3.40. The smallest absolute Gasteiger partial charge is 0.277 e. The van der Waals surface area contributed by atoms with E-state index in [1.165, 1.54) is 14.1 Å². The van der Waals surface area contributed by atoms with Crippen LogP contribution in [-0.4, -0.2) is 25.8 Å². The molecule has 0 aliphatic carbocycles. The number of benzene rings is 1. The third-order valence-corrected chi connectivity index (χ3v) is 2.34. The van der Waals surface area contributed by atoms with Crippen molar-refractivity contribution in [3.05, 3.63) is 29.3 Å². The molecule has 1 N–H and O–H groups in total. The van der Waals surface area contributed by atoms with E-state index in [0.717, 1.165) is 11.0 Å². The summed E-state index contributed by atoms with van der Waals surface area (Å²) in [6, 6.07) is 1.49. The molecule has 6 heteroatoms. The Morgan fingerprint density at radius 1 is 1.24 bits per heavy atom. The van der Waals surface area contributed by atoms with Gasteiger partial charge in [-0.1, -0.05) is 0 Å². The predicted octanol–water partition coefficient (Wildman–Crippen LogP) is 2.51. The number of aliphatic hydroxyl groups excluding tert-OH is 1. The summed E-state index contributed by atoms with van der Waals surface area (Å²) in [5.74, 6) is -5.90. The average Bonchev–Trinajstić information content (AvgIpc) is 2.20. The van der Waals surface area contributed by atoms with Gasteiger partial charge in [0.15, 0.2) is 11.6 Å². The molecule has 0 aromatic heterocycles. The van der Waals surface area contributed by atoms with Crippen molar-refractivity contribution in [3.8, 4) is 0 Å². The highest BCUT2D eigenvalue weighted by atomic mass is 19.3. The fourth-order valence-corrected chi connectivity index (χ4v) is 1.55. The molecule has 1 rings (SSSR count). The molecule has 0 radical (unpaired) electrons. The van der Waals surface area contributed by atoms with Crippen molar-refractivity contribution >= 4 is 5.69 Å². The van der Waals surface area contributed by atoms with Crippen LogP contribution in [0.25, 0.3) is 0 Å². The maximum Gasteiger partial charge on any atom is 0.277 e. The largest absolute Gasteiger partial charge is 0.396 e. The van der Waals surface area contributed by atoms with E-state index in [2.05, 4.69) is 0 Å². The summed E-state index contributed by atoms with van der Waals surface area (Å²) in [6.07, 6.45) is -0.834. The van der Waals surface area contributed by atoms with Gasteiger partial charge in [0.05, 0.1) is 5.69 Å². The maximum atomic E-state index is 13.6. The monoisotopic (exact) mass is 251 g/mol. The van der Waals surface area contributed by atoms with Crippen LogP contribution < -0.4 is 4.90 Å². The van der Waals surface area contributed by atoms with E-state index < -0.39 is 41.8 Å². The van der Waals surface area contributed by atoms with Crippen LogP contribution >= 0.6 is 0 Å². The fraction of sp³-hybridized carbons (Fsp3) is 0.455. The molecule has 96 valence electrons. The molecule has 0 unspecified atom stereocenters. The first-order chi connectivity index (χ1) is 7.81. The minimum Gasteiger partial charge on any atom is -0.396 e. The molecule has 0 amide bonds. The third-order valence-electron chi connectivity index (χ3n) is 2.34. The van der Waals surface area contributed by atoms with Crippen molar-refractivity contribution in [2.75, 3.05) is 25.6 Å². The molecule has 0 saturated carbocycles. The maximum absolute atomic E-state index is 13.6. The molecule has 0 fully saturated rings. The van der Waals surface area contributed by atoms with Crippen molar-refractivity contribution < 1.29 is 22.7 Å². The molecule has 2 nitrogen and oxygen atoms in total. The van der Waals surface area contributed by atoms with Crippen LogP contribution in [0, 0.1) is 11.6 Å². The first-order valence-electron chi connectivity index (χ1n) is 4.95. The van der Waals surface area contributed by atoms with Gasteiger partial charge in [-0.15, -0.1) is 0 Å². The van der Waals surface area contributed by atoms with Crippen molar-refractivity contribution in [1.29, 1.82) is 0 Å². The molecule has 0 atom stereocenters. The molecule has 17 heavy (non-hydrogen) atoms. The zero-order chi connectivity index (χ0) is 13.2. The first kappa shape index (κ1) is 13.8. The summed E-state index contributed by atoms with van der Waals surface area (Å²) in [5, 5.41) is 8.56. The normalized spacial score (nSPS) is 11.7. The summed E-state index contributed by atoms with van der Waals surface area (Å²) < 4.78 is 53.7. The van der Waals surface area contributed by atoms with Gasteiger partial charge in [0.25, 0.3) is 5.92 Å². The summed E-state index contributed by atoms with van der Waals surface area (Å²) in [6.45, 7) is -0.737. The Kier molecular flexibility index (Phi) is 3.98. The molecule has 1 aromatic rings. The van der Waals surface area contributed by atoms with Crippen LogP contribution in [0.1, 0.15) is 12.0 Å². The van der Waals surface area contributed by atoms with Gasteiger partial charge in [-0.05, 0) is 12.1 Å². The van der Waals surface area contributed by atoms with Crippen molar-refractivity contribution in [2.45, 2.75) is 12.3 Å². The quantitative estimate of drug-likeness (QED) is 0.831. The van der Waals surface area contributed by atoms with Crippen molar-refractivity contribution in [3.63, 3.8) is 0 Å². The van der Waals surface area contributed by atoms with Crippen molar-refractivity contribution in [1.82, 2.24) is 0 Å². The molecule has 0 heterocycles. The topological polar surface area (TPSA) is 23.5 Å². The minimum absolute atomic E-state index is 0.497. The number of rotatable bonds is 4. The summed E-state index contributed by atoms with van der Waals surface area (Å²) >= 11 is 0. The third kappa shape index (κ3) is 2.69. The number of hydrogen-bond acceptors (Lipinski definition) is 2. The van der Waals surface area contributed by atoms with E-state index in [0.29, 0.717) is 6.07 Å². The van der Waals surface area contributed by atoms with Crippen molar-refractivity contribution in [2.24, 2.45) is 0 Å². The van der Waals surface area contributed by atoms with E-state index >= 15 is 0 Å². The molecular formula is C11H13F4NO. The van der Waals surface area contributed by atoms with Gasteiger partial charge in [-0.3, -0.25) is 0 Å². The van der Waals surface area contributed by atoms with Crippen LogP contribution in [-0.2, 0) is 5.92 Å². The Hall–Kier alpha value is -1.30. The fourth-order valence-electron chi connectivity index (χ4n) is 1.55. The van der Waals surface area contributed by atoms with E-state index in [1.54, 1.807) is 0 Å². The van der Waals surface area contributed by atoms with Gasteiger partial charge in [0.2, 0.25) is 0 Å². The lowest BCUT2D eigenvalue weighted by atomic mass is 10.0. The zero-order valence-corrected chi connectivity index (χ0v) is 9.48. The highest BCUT2D eigenvalue weighted by Gasteiger charge is 2.35. The number of halogens is 4. The Morgan fingerprint density at radius 2 is 1.82 bits per heavy atom. The Bertz CT molecular complexity index is 407. The molecule has 1 aromatic carbocycles. The molecule has 0 aliphatic heterocycles. The number of aliphatic hydroxyl groups is 1. The SMILES string of the molecule is CN(C)c1c(C(F)(F)CCO)ccc(F)c1F. The lowest BCUT2D eigenvalue weighted by molar-refractivity contribution is -0.0267. The number of hydrogen-bond donors (Lipinski definition) is 1. The highest BCUT2D eigenvalue weighted by Crippen LogP contribution is 2.39. The molecule has 0 aliphatic rings. The second kappa shape index (κ2) is 4.91. The lowest BCUT2D eigenvalue weighted by Crippen LogP contribution is -2.22. The van der Waals surface area contributed by atoms with Gasteiger partial charge in [-0.2, -0.15) is 0 Å². The van der Waals surface area contributed by atoms with Crippen LogP contribution in [0.4, 0.5) is 23.2 Å². The van der Waals surface area contributed by atoms with Crippen LogP contribution in [0.2, 0.25) is 0 Å². The van der Waals surface area contributed by atoms with Crippen LogP contribution in [0.3, 0.4) is 0 Å². The number of anilines is 1. The Morgan fingerprint density at radius 3 is 2.29 bits per heavy atom. The van der Waals surface area contributed by atoms with Gasteiger partial charge < -0.3 is 10.0 Å². The Balaban J connectivity index is 3.38. The predicted molar refractivity (Wildman–Crippen MR) is 56.3 cm³/mol. The summed E-state index contributed by atoms with van der Waals surface area (Å²) in [4.78, 5) is 1.08. The average molecular weight is 251 g/mol. The second-order valence-electron chi connectivity index (χ2n) is 3.83. The van der Waals surface area contributed by atoms with Gasteiger partial charge >= 0.3 is 0 Å². The number of nitrogens with zero attached hydrogens (tertiary/aromatic N) is 1. The summed E-state index contributed by atoms with van der Waals surface area (Å²) in [7, 11) is 2.69. The van der Waals surface area contributed by atoms with Gasteiger partial charge in [0, 0.05) is 32.7 Å². The van der Waals surface area contributed by atoms with Gasteiger partial charge in [-0.25, -0.2) is 17.6 Å². The molecule has 0 saturated heterocycles. The van der Waals surface area contributed by atoms with Crippen LogP contribution in [0.5, 0.6) is 0 Å². The molecule has 0 spiro atoms. The zero-order valence-electron chi connectivity index (χ0n) is 9.48. The van der Waals surface area contributed by atoms with E-state index in [1.807, 2.05) is 0 Å². The molecule has 0 bridgehead atoms. The molecular weight excluding hydrogens is 238 g/mol. The van der Waals surface area contributed by atoms with Gasteiger partial charge in [0.1, 0.15) is 0 Å². The van der Waals surface area contributed by atoms with Crippen LogP contribution in [0.15, 0.2) is 12.1 Å².